The van der Waals surface area contributed by atoms with Gasteiger partial charge < -0.3 is 5.32 Å². The zero-order chi connectivity index (χ0) is 17.0. The van der Waals surface area contributed by atoms with Gasteiger partial charge in [0.15, 0.2) is 0 Å². The first-order chi connectivity index (χ1) is 12.2. The van der Waals surface area contributed by atoms with E-state index in [1.807, 2.05) is 12.1 Å². The van der Waals surface area contributed by atoms with E-state index in [9.17, 15) is 0 Å². The summed E-state index contributed by atoms with van der Waals surface area (Å²) in [7, 11) is 0. The van der Waals surface area contributed by atoms with Crippen LogP contribution < -0.4 is 5.32 Å². The third kappa shape index (κ3) is 2.38. The summed E-state index contributed by atoms with van der Waals surface area (Å²) in [5, 5.41) is 7.77. The maximum absolute atomic E-state index is 6.54. The molecule has 0 aromatic heterocycles. The zero-order valence-electron chi connectivity index (χ0n) is 13.5. The van der Waals surface area contributed by atoms with Gasteiger partial charge in [-0.05, 0) is 40.8 Å². The molecule has 3 aromatic rings. The van der Waals surface area contributed by atoms with Crippen LogP contribution in [0.25, 0.3) is 10.8 Å². The number of rotatable bonds is 1. The molecule has 1 aliphatic carbocycles. The number of hydrogen-bond donors (Lipinski definition) is 1. The molecule has 0 spiro atoms. The highest BCUT2D eigenvalue weighted by Crippen LogP contribution is 2.53. The number of nitrogens with one attached hydrogen (secondary N) is 1. The summed E-state index contributed by atoms with van der Waals surface area (Å²) >= 11 is 12.8. The summed E-state index contributed by atoms with van der Waals surface area (Å²) < 4.78 is 0. The molecule has 1 N–H and O–H groups in total. The number of hydrogen-bond acceptors (Lipinski definition) is 1. The molecule has 3 aromatic carbocycles. The molecule has 0 radical (unpaired) electrons. The summed E-state index contributed by atoms with van der Waals surface area (Å²) in [6.07, 6.45) is 5.65. The smallest absolute Gasteiger partial charge is 0.0560 e. The maximum atomic E-state index is 6.54. The summed E-state index contributed by atoms with van der Waals surface area (Å²) in [5.74, 6) is 0.807. The Kier molecular flexibility index (Phi) is 3.55. The molecule has 0 bridgehead atoms. The maximum Gasteiger partial charge on any atom is 0.0560 e. The first kappa shape index (κ1) is 15.3. The normalized spacial score (nSPS) is 24.0. The van der Waals surface area contributed by atoms with E-state index in [0.717, 1.165) is 17.1 Å². The molecule has 3 atom stereocenters. The lowest BCUT2D eigenvalue weighted by atomic mass is 9.76. The second-order valence-corrected chi connectivity index (χ2v) is 7.74. The van der Waals surface area contributed by atoms with E-state index in [4.69, 9.17) is 23.2 Å². The lowest BCUT2D eigenvalue weighted by Gasteiger charge is -2.38. The highest BCUT2D eigenvalue weighted by molar-refractivity contribution is 6.35. The van der Waals surface area contributed by atoms with Gasteiger partial charge in [-0.3, -0.25) is 0 Å². The fourth-order valence-corrected chi connectivity index (χ4v) is 5.09. The van der Waals surface area contributed by atoms with E-state index in [1.165, 1.54) is 21.9 Å². The van der Waals surface area contributed by atoms with Crippen molar-refractivity contribution < 1.29 is 0 Å². The molecule has 0 amide bonds. The van der Waals surface area contributed by atoms with Crippen LogP contribution in [0.15, 0.2) is 66.7 Å². The zero-order valence-corrected chi connectivity index (χ0v) is 15.1. The highest BCUT2D eigenvalue weighted by Gasteiger charge is 2.39. The van der Waals surface area contributed by atoms with Crippen molar-refractivity contribution in [1.82, 2.24) is 0 Å². The second-order valence-electron chi connectivity index (χ2n) is 6.89. The van der Waals surface area contributed by atoms with Gasteiger partial charge in [-0.15, -0.1) is 0 Å². The van der Waals surface area contributed by atoms with Gasteiger partial charge in [-0.1, -0.05) is 77.8 Å². The van der Waals surface area contributed by atoms with E-state index in [0.29, 0.717) is 16.9 Å². The molecule has 3 heteroatoms. The molecule has 1 nitrogen and oxygen atoms in total. The molecule has 124 valence electrons. The average molecular weight is 366 g/mol. The standard InChI is InChI=1S/C22H17Cl2N/c23-14-11-19(24)21-16-8-4-10-18(16)22(25-20(21)12-14)17-9-3-6-13-5-1-2-7-15(13)17/h1-9,11-12,16,18,22,25H,10H2/t16-,18-,22+/m0/s1. The predicted molar refractivity (Wildman–Crippen MR) is 107 cm³/mol. The van der Waals surface area contributed by atoms with Gasteiger partial charge in [0.05, 0.1) is 6.04 Å². The van der Waals surface area contributed by atoms with E-state index in [-0.39, 0.29) is 6.04 Å². The monoisotopic (exact) mass is 365 g/mol. The first-order valence-corrected chi connectivity index (χ1v) is 9.38. The van der Waals surface area contributed by atoms with Crippen molar-refractivity contribution in [3.8, 4) is 0 Å². The molecule has 0 unspecified atom stereocenters. The minimum atomic E-state index is 0.244. The topological polar surface area (TPSA) is 12.0 Å². The van der Waals surface area contributed by atoms with Crippen LogP contribution >= 0.6 is 23.2 Å². The Balaban J connectivity index is 1.70. The molecule has 25 heavy (non-hydrogen) atoms. The number of fused-ring (bicyclic) bond motifs is 4. The Morgan fingerprint density at radius 3 is 2.72 bits per heavy atom. The van der Waals surface area contributed by atoms with Crippen LogP contribution in [0.4, 0.5) is 5.69 Å². The lowest BCUT2D eigenvalue weighted by molar-refractivity contribution is 0.427. The Hall–Kier alpha value is -1.96. The van der Waals surface area contributed by atoms with Gasteiger partial charge in [-0.25, -0.2) is 0 Å². The molecule has 1 aliphatic heterocycles. The molecular formula is C22H17Cl2N. The molecule has 1 heterocycles. The van der Waals surface area contributed by atoms with Gasteiger partial charge in [0.2, 0.25) is 0 Å². The SMILES string of the molecule is Clc1cc(Cl)c2c(c1)N[C@H](c1cccc3ccccc13)[C@H]1CC=C[C@H]21. The lowest BCUT2D eigenvalue weighted by Crippen LogP contribution is -2.29. The predicted octanol–water partition coefficient (Wildman–Crippen LogP) is 6.97. The second kappa shape index (κ2) is 5.79. The molecule has 0 fully saturated rings. The molecule has 0 saturated carbocycles. The van der Waals surface area contributed by atoms with Crippen LogP contribution in [0.5, 0.6) is 0 Å². The fraction of sp³-hybridized carbons (Fsp3) is 0.182. The molecule has 0 saturated heterocycles. The third-order valence-electron chi connectivity index (χ3n) is 5.54. The first-order valence-electron chi connectivity index (χ1n) is 8.62. The minimum absolute atomic E-state index is 0.244. The van der Waals surface area contributed by atoms with Crippen molar-refractivity contribution in [3.05, 3.63) is 87.9 Å². The van der Waals surface area contributed by atoms with Crippen molar-refractivity contribution in [3.63, 3.8) is 0 Å². The van der Waals surface area contributed by atoms with Crippen molar-refractivity contribution in [1.29, 1.82) is 0 Å². The van der Waals surface area contributed by atoms with Gasteiger partial charge in [0.25, 0.3) is 0 Å². The van der Waals surface area contributed by atoms with Crippen LogP contribution in [0.3, 0.4) is 0 Å². The number of anilines is 1. The number of allylic oxidation sites excluding steroid dienone is 2. The Bertz CT molecular complexity index is 1000. The quantitative estimate of drug-likeness (QED) is 0.459. The fourth-order valence-electron chi connectivity index (χ4n) is 4.47. The molecular weight excluding hydrogens is 349 g/mol. The van der Waals surface area contributed by atoms with E-state index in [1.54, 1.807) is 0 Å². The van der Waals surface area contributed by atoms with Gasteiger partial charge >= 0.3 is 0 Å². The van der Waals surface area contributed by atoms with E-state index >= 15 is 0 Å². The van der Waals surface area contributed by atoms with Crippen molar-refractivity contribution in [2.75, 3.05) is 5.32 Å². The van der Waals surface area contributed by atoms with Crippen LogP contribution in [-0.2, 0) is 0 Å². The van der Waals surface area contributed by atoms with E-state index < -0.39 is 0 Å². The number of benzene rings is 3. The largest absolute Gasteiger partial charge is 0.378 e. The van der Waals surface area contributed by atoms with Crippen molar-refractivity contribution in [2.45, 2.75) is 18.4 Å². The number of halogens is 2. The van der Waals surface area contributed by atoms with E-state index in [2.05, 4.69) is 59.9 Å². The minimum Gasteiger partial charge on any atom is -0.378 e. The Morgan fingerprint density at radius 1 is 0.960 bits per heavy atom. The Labute approximate surface area is 157 Å². The summed E-state index contributed by atoms with van der Waals surface area (Å²) in [4.78, 5) is 0. The third-order valence-corrected chi connectivity index (χ3v) is 6.07. The summed E-state index contributed by atoms with van der Waals surface area (Å²) in [6.45, 7) is 0. The van der Waals surface area contributed by atoms with Crippen LogP contribution in [0, 0.1) is 5.92 Å². The van der Waals surface area contributed by atoms with Gasteiger partial charge in [0, 0.05) is 27.2 Å². The van der Waals surface area contributed by atoms with Crippen molar-refractivity contribution in [2.24, 2.45) is 5.92 Å². The Morgan fingerprint density at radius 2 is 1.80 bits per heavy atom. The van der Waals surface area contributed by atoms with Crippen molar-refractivity contribution >= 4 is 39.7 Å². The summed E-state index contributed by atoms with van der Waals surface area (Å²) in [5.41, 5.74) is 3.59. The van der Waals surface area contributed by atoms with Crippen LogP contribution in [0.2, 0.25) is 10.0 Å². The van der Waals surface area contributed by atoms with Crippen LogP contribution in [0.1, 0.15) is 29.5 Å². The molecule has 5 rings (SSSR count). The summed E-state index contributed by atoms with van der Waals surface area (Å²) in [6, 6.07) is 19.3. The van der Waals surface area contributed by atoms with Gasteiger partial charge in [0.1, 0.15) is 0 Å². The average Bonchev–Trinajstić information content (AvgIpc) is 3.09. The van der Waals surface area contributed by atoms with Gasteiger partial charge in [-0.2, -0.15) is 0 Å². The molecule has 2 aliphatic rings. The highest BCUT2D eigenvalue weighted by atomic mass is 35.5. The van der Waals surface area contributed by atoms with Crippen LogP contribution in [-0.4, -0.2) is 0 Å².